The van der Waals surface area contributed by atoms with E-state index in [1.165, 1.54) is 4.90 Å². The standard InChI is InChI=1S/C12H22N2O4/c1-9(2)14(7-10(15)16)11(17)13-12(3)5-4-6-18-8-12/h9H,4-8H2,1-3H3,(H,13,17)(H,15,16). The van der Waals surface area contributed by atoms with Crippen molar-refractivity contribution in [2.45, 2.75) is 45.2 Å². The van der Waals surface area contributed by atoms with Crippen LogP contribution in [-0.2, 0) is 9.53 Å². The molecule has 1 heterocycles. The Hall–Kier alpha value is -1.30. The molecule has 0 aromatic rings. The zero-order chi connectivity index (χ0) is 13.8. The third-order valence-corrected chi connectivity index (χ3v) is 3.04. The van der Waals surface area contributed by atoms with Crippen molar-refractivity contribution in [2.24, 2.45) is 0 Å². The smallest absolute Gasteiger partial charge is 0.323 e. The van der Waals surface area contributed by atoms with E-state index in [9.17, 15) is 9.59 Å². The molecule has 1 aliphatic heterocycles. The van der Waals surface area contributed by atoms with Gasteiger partial charge in [-0.25, -0.2) is 4.79 Å². The Balaban J connectivity index is 2.62. The van der Waals surface area contributed by atoms with Gasteiger partial charge in [-0.1, -0.05) is 0 Å². The van der Waals surface area contributed by atoms with Crippen LogP contribution in [0.1, 0.15) is 33.6 Å². The molecule has 1 aliphatic rings. The number of carboxylic acids is 1. The molecule has 2 N–H and O–H groups in total. The second-order valence-electron chi connectivity index (χ2n) is 5.26. The van der Waals surface area contributed by atoms with Crippen LogP contribution in [0.4, 0.5) is 4.79 Å². The van der Waals surface area contributed by atoms with Gasteiger partial charge in [-0.3, -0.25) is 4.79 Å². The van der Waals surface area contributed by atoms with Crippen LogP contribution in [0, 0.1) is 0 Å². The first-order chi connectivity index (χ1) is 8.34. The molecule has 0 radical (unpaired) electrons. The van der Waals surface area contributed by atoms with Gasteiger partial charge in [0.05, 0.1) is 12.1 Å². The van der Waals surface area contributed by atoms with Gasteiger partial charge in [0.15, 0.2) is 0 Å². The van der Waals surface area contributed by atoms with Crippen LogP contribution >= 0.6 is 0 Å². The second-order valence-corrected chi connectivity index (χ2v) is 5.26. The molecule has 0 bridgehead atoms. The SMILES string of the molecule is CC(C)N(CC(=O)O)C(=O)NC1(C)CCCOC1. The van der Waals surface area contributed by atoms with Gasteiger partial charge in [0, 0.05) is 12.6 Å². The van der Waals surface area contributed by atoms with Gasteiger partial charge >= 0.3 is 12.0 Å². The van der Waals surface area contributed by atoms with Crippen molar-refractivity contribution in [1.82, 2.24) is 10.2 Å². The minimum Gasteiger partial charge on any atom is -0.480 e. The lowest BCUT2D eigenvalue weighted by Gasteiger charge is -2.37. The van der Waals surface area contributed by atoms with Gasteiger partial charge in [0.1, 0.15) is 6.54 Å². The fourth-order valence-corrected chi connectivity index (χ4v) is 2.00. The molecule has 0 aliphatic carbocycles. The highest BCUT2D eigenvalue weighted by molar-refractivity contribution is 5.80. The van der Waals surface area contributed by atoms with Gasteiger partial charge in [0.25, 0.3) is 0 Å². The highest BCUT2D eigenvalue weighted by Gasteiger charge is 2.32. The van der Waals surface area contributed by atoms with E-state index in [-0.39, 0.29) is 18.6 Å². The molecule has 1 fully saturated rings. The molecule has 6 heteroatoms. The Morgan fingerprint density at radius 3 is 2.61 bits per heavy atom. The van der Waals surface area contributed by atoms with Crippen molar-refractivity contribution in [3.63, 3.8) is 0 Å². The normalized spacial score (nSPS) is 23.8. The molecular formula is C12H22N2O4. The Morgan fingerprint density at radius 2 is 2.17 bits per heavy atom. The molecule has 2 amide bonds. The van der Waals surface area contributed by atoms with Crippen molar-refractivity contribution in [2.75, 3.05) is 19.8 Å². The molecule has 1 saturated heterocycles. The Labute approximate surface area is 107 Å². The number of carbonyl (C=O) groups excluding carboxylic acids is 1. The fraction of sp³-hybridized carbons (Fsp3) is 0.833. The molecule has 6 nitrogen and oxygen atoms in total. The predicted octanol–water partition coefficient (Wildman–Crippen LogP) is 1.06. The monoisotopic (exact) mass is 258 g/mol. The van der Waals surface area contributed by atoms with Crippen LogP contribution in [0.2, 0.25) is 0 Å². The number of nitrogens with zero attached hydrogens (tertiary/aromatic N) is 1. The average molecular weight is 258 g/mol. The number of ether oxygens (including phenoxy) is 1. The molecule has 1 rings (SSSR count). The number of amides is 2. The van der Waals surface area contributed by atoms with E-state index in [4.69, 9.17) is 9.84 Å². The summed E-state index contributed by atoms with van der Waals surface area (Å²) in [5.74, 6) is -1.01. The quantitative estimate of drug-likeness (QED) is 0.790. The summed E-state index contributed by atoms with van der Waals surface area (Å²) in [5, 5.41) is 11.7. The average Bonchev–Trinajstić information content (AvgIpc) is 2.25. The summed E-state index contributed by atoms with van der Waals surface area (Å²) in [6, 6.07) is -0.505. The molecule has 0 saturated carbocycles. The van der Waals surface area contributed by atoms with Crippen LogP contribution in [0.5, 0.6) is 0 Å². The maximum Gasteiger partial charge on any atom is 0.323 e. The summed E-state index contributed by atoms with van der Waals surface area (Å²) in [7, 11) is 0. The molecule has 104 valence electrons. The maximum atomic E-state index is 12.1. The van der Waals surface area contributed by atoms with Crippen LogP contribution in [0.3, 0.4) is 0 Å². The lowest BCUT2D eigenvalue weighted by Crippen LogP contribution is -2.57. The molecule has 0 spiro atoms. The second kappa shape index (κ2) is 6.04. The lowest BCUT2D eigenvalue weighted by molar-refractivity contribution is -0.138. The van der Waals surface area contributed by atoms with Crippen LogP contribution in [0.15, 0.2) is 0 Å². The number of aliphatic carboxylic acids is 1. The summed E-state index contributed by atoms with van der Waals surface area (Å²) in [5.41, 5.74) is -0.402. The Morgan fingerprint density at radius 1 is 1.50 bits per heavy atom. The first-order valence-corrected chi connectivity index (χ1v) is 6.22. The van der Waals surface area contributed by atoms with Crippen molar-refractivity contribution in [1.29, 1.82) is 0 Å². The van der Waals surface area contributed by atoms with Crippen molar-refractivity contribution in [3.8, 4) is 0 Å². The Kier molecular flexibility index (Phi) is 4.95. The zero-order valence-electron chi connectivity index (χ0n) is 11.2. The van der Waals surface area contributed by atoms with Gasteiger partial charge in [-0.2, -0.15) is 0 Å². The van der Waals surface area contributed by atoms with E-state index in [1.807, 2.05) is 6.92 Å². The Bertz CT molecular complexity index is 311. The van der Waals surface area contributed by atoms with Crippen molar-refractivity contribution >= 4 is 12.0 Å². The number of hydrogen-bond donors (Lipinski definition) is 2. The minimum absolute atomic E-state index is 0.158. The van der Waals surface area contributed by atoms with E-state index >= 15 is 0 Å². The van der Waals surface area contributed by atoms with E-state index < -0.39 is 11.5 Å². The number of nitrogens with one attached hydrogen (secondary N) is 1. The van der Waals surface area contributed by atoms with E-state index in [0.717, 1.165) is 12.8 Å². The number of carboxylic acid groups (broad SMARTS) is 1. The number of hydrogen-bond acceptors (Lipinski definition) is 3. The summed E-state index contributed by atoms with van der Waals surface area (Å²) in [4.78, 5) is 24.1. The molecule has 1 atom stereocenters. The number of urea groups is 1. The first kappa shape index (κ1) is 14.8. The van der Waals surface area contributed by atoms with Gasteiger partial charge in [0.2, 0.25) is 0 Å². The van der Waals surface area contributed by atoms with E-state index in [1.54, 1.807) is 13.8 Å². The first-order valence-electron chi connectivity index (χ1n) is 6.22. The van der Waals surface area contributed by atoms with E-state index in [0.29, 0.717) is 13.2 Å². The topological polar surface area (TPSA) is 78.9 Å². The van der Waals surface area contributed by atoms with Crippen LogP contribution < -0.4 is 5.32 Å². The summed E-state index contributed by atoms with van der Waals surface area (Å²) in [6.45, 7) is 6.40. The van der Waals surface area contributed by atoms with Crippen molar-refractivity contribution in [3.05, 3.63) is 0 Å². The maximum absolute atomic E-state index is 12.1. The lowest BCUT2D eigenvalue weighted by atomic mass is 9.95. The van der Waals surface area contributed by atoms with Crippen LogP contribution in [0.25, 0.3) is 0 Å². The predicted molar refractivity (Wildman–Crippen MR) is 66.5 cm³/mol. The van der Waals surface area contributed by atoms with Crippen LogP contribution in [-0.4, -0.2) is 53.3 Å². The number of rotatable bonds is 4. The summed E-state index contributed by atoms with van der Waals surface area (Å²) >= 11 is 0. The molecule has 0 aromatic carbocycles. The van der Waals surface area contributed by atoms with Gasteiger partial charge in [-0.15, -0.1) is 0 Å². The van der Waals surface area contributed by atoms with Gasteiger partial charge < -0.3 is 20.1 Å². The van der Waals surface area contributed by atoms with Crippen molar-refractivity contribution < 1.29 is 19.4 Å². The van der Waals surface area contributed by atoms with E-state index in [2.05, 4.69) is 5.32 Å². The number of carbonyl (C=O) groups is 2. The molecule has 18 heavy (non-hydrogen) atoms. The third kappa shape index (κ3) is 4.18. The third-order valence-electron chi connectivity index (χ3n) is 3.04. The summed E-state index contributed by atoms with van der Waals surface area (Å²) in [6.07, 6.45) is 1.75. The van der Waals surface area contributed by atoms with Gasteiger partial charge in [-0.05, 0) is 33.6 Å². The molecule has 0 aromatic heterocycles. The largest absolute Gasteiger partial charge is 0.480 e. The highest BCUT2D eigenvalue weighted by Crippen LogP contribution is 2.18. The molecule has 1 unspecified atom stereocenters. The fourth-order valence-electron chi connectivity index (χ4n) is 2.00. The highest BCUT2D eigenvalue weighted by atomic mass is 16.5. The summed E-state index contributed by atoms with van der Waals surface area (Å²) < 4.78 is 5.36. The zero-order valence-corrected chi connectivity index (χ0v) is 11.2. The molecular weight excluding hydrogens is 236 g/mol. The minimum atomic E-state index is -1.01.